The summed E-state index contributed by atoms with van der Waals surface area (Å²) in [5.41, 5.74) is 1.48. The van der Waals surface area contributed by atoms with Gasteiger partial charge < -0.3 is 15.2 Å². The van der Waals surface area contributed by atoms with E-state index in [1.165, 1.54) is 30.0 Å². The molecule has 160 valence electrons. The molecule has 8 nitrogen and oxygen atoms in total. The topological polar surface area (TPSA) is 124 Å². The van der Waals surface area contributed by atoms with E-state index in [4.69, 9.17) is 10.00 Å². The molecule has 3 aromatic carbocycles. The molecule has 0 aliphatic rings. The van der Waals surface area contributed by atoms with Crippen molar-refractivity contribution in [3.8, 4) is 11.8 Å². The Morgan fingerprint density at radius 2 is 1.72 bits per heavy atom. The third-order valence-corrected chi connectivity index (χ3v) is 4.98. The number of nitrogens with zero attached hydrogens (tertiary/aromatic N) is 3. The highest BCUT2D eigenvalue weighted by Crippen LogP contribution is 2.27. The van der Waals surface area contributed by atoms with E-state index in [9.17, 15) is 14.7 Å². The fourth-order valence-electron chi connectivity index (χ4n) is 2.57. The SMILES string of the molecule is N#CCSc1ccccc1NC(=O)COC(=O)c1ccccc1N=Nc1ccc(O)cc1. The van der Waals surface area contributed by atoms with Crippen LogP contribution in [-0.4, -0.2) is 29.3 Å². The summed E-state index contributed by atoms with van der Waals surface area (Å²) in [5, 5.41) is 28.9. The summed E-state index contributed by atoms with van der Waals surface area (Å²) in [5.74, 6) is -0.867. The maximum absolute atomic E-state index is 12.5. The molecular weight excluding hydrogens is 428 g/mol. The first-order valence-corrected chi connectivity index (χ1v) is 10.4. The molecule has 0 spiro atoms. The number of phenols is 1. The molecule has 0 aliphatic carbocycles. The zero-order valence-corrected chi connectivity index (χ0v) is 17.6. The molecule has 3 aromatic rings. The van der Waals surface area contributed by atoms with Crippen LogP contribution in [0, 0.1) is 11.3 Å². The number of thioether (sulfide) groups is 1. The van der Waals surface area contributed by atoms with Crippen molar-refractivity contribution in [1.82, 2.24) is 0 Å². The van der Waals surface area contributed by atoms with Crippen LogP contribution in [0.5, 0.6) is 5.75 Å². The lowest BCUT2D eigenvalue weighted by Gasteiger charge is -2.10. The quantitative estimate of drug-likeness (QED) is 0.278. The molecule has 0 radical (unpaired) electrons. The number of rotatable bonds is 8. The molecule has 2 N–H and O–H groups in total. The van der Waals surface area contributed by atoms with E-state index in [1.54, 1.807) is 54.6 Å². The number of aromatic hydroxyl groups is 1. The van der Waals surface area contributed by atoms with Crippen LogP contribution in [0.4, 0.5) is 17.1 Å². The third kappa shape index (κ3) is 6.42. The van der Waals surface area contributed by atoms with Gasteiger partial charge in [0, 0.05) is 4.90 Å². The molecule has 0 saturated heterocycles. The number of benzene rings is 3. The highest BCUT2D eigenvalue weighted by atomic mass is 32.2. The number of carbonyl (C=O) groups excluding carboxylic acids is 2. The van der Waals surface area contributed by atoms with E-state index in [2.05, 4.69) is 15.5 Å². The Morgan fingerprint density at radius 1 is 1.00 bits per heavy atom. The Morgan fingerprint density at radius 3 is 2.50 bits per heavy atom. The zero-order chi connectivity index (χ0) is 22.8. The Kier molecular flexibility index (Phi) is 7.95. The van der Waals surface area contributed by atoms with Gasteiger partial charge in [0.25, 0.3) is 5.91 Å². The van der Waals surface area contributed by atoms with E-state index in [-0.39, 0.29) is 22.8 Å². The van der Waals surface area contributed by atoms with Crippen molar-refractivity contribution in [1.29, 1.82) is 5.26 Å². The second-order valence-corrected chi connectivity index (χ2v) is 7.32. The Bertz CT molecular complexity index is 1170. The fraction of sp³-hybridized carbons (Fsp3) is 0.0870. The van der Waals surface area contributed by atoms with Crippen LogP contribution in [0.1, 0.15) is 10.4 Å². The molecule has 32 heavy (non-hydrogen) atoms. The van der Waals surface area contributed by atoms with Crippen LogP contribution in [0.15, 0.2) is 87.9 Å². The molecule has 0 saturated carbocycles. The number of nitrogens with one attached hydrogen (secondary N) is 1. The van der Waals surface area contributed by atoms with Gasteiger partial charge in [0.15, 0.2) is 6.61 Å². The van der Waals surface area contributed by atoms with Gasteiger partial charge in [-0.05, 0) is 48.5 Å². The van der Waals surface area contributed by atoms with Gasteiger partial charge in [0.05, 0.1) is 28.8 Å². The van der Waals surface area contributed by atoms with Crippen molar-refractivity contribution >= 4 is 40.7 Å². The summed E-state index contributed by atoms with van der Waals surface area (Å²) in [6, 6.07) is 21.7. The van der Waals surface area contributed by atoms with Crippen LogP contribution in [0.25, 0.3) is 0 Å². The van der Waals surface area contributed by atoms with Crippen molar-refractivity contribution in [2.75, 3.05) is 17.7 Å². The van der Waals surface area contributed by atoms with E-state index in [0.717, 1.165) is 4.90 Å². The largest absolute Gasteiger partial charge is 0.508 e. The number of ether oxygens (including phenoxy) is 1. The molecule has 3 rings (SSSR count). The third-order valence-electron chi connectivity index (χ3n) is 4.03. The molecule has 9 heteroatoms. The van der Waals surface area contributed by atoms with Gasteiger partial charge in [-0.15, -0.1) is 16.9 Å². The van der Waals surface area contributed by atoms with E-state index in [1.807, 2.05) is 6.07 Å². The number of carbonyl (C=O) groups is 2. The number of esters is 1. The molecule has 0 aromatic heterocycles. The lowest BCUT2D eigenvalue weighted by Crippen LogP contribution is -2.21. The Labute approximate surface area is 188 Å². The molecule has 0 heterocycles. The number of para-hydroxylation sites is 1. The van der Waals surface area contributed by atoms with Crippen molar-refractivity contribution in [3.63, 3.8) is 0 Å². The molecule has 0 aliphatic heterocycles. The van der Waals surface area contributed by atoms with Crippen LogP contribution >= 0.6 is 11.8 Å². The zero-order valence-electron chi connectivity index (χ0n) is 16.8. The standard InChI is InChI=1S/C23H18N4O4S/c24-13-14-32-21-8-4-3-7-20(21)25-22(29)15-31-23(30)18-5-1-2-6-19(18)27-26-16-9-11-17(28)12-10-16/h1-12,28H,14-15H2,(H,25,29). The van der Waals surface area contributed by atoms with E-state index < -0.39 is 18.5 Å². The van der Waals surface area contributed by atoms with Crippen molar-refractivity contribution < 1.29 is 19.4 Å². The number of amides is 1. The lowest BCUT2D eigenvalue weighted by atomic mass is 10.2. The second-order valence-electron chi connectivity index (χ2n) is 6.30. The van der Waals surface area contributed by atoms with Gasteiger partial charge in [-0.25, -0.2) is 4.79 Å². The van der Waals surface area contributed by atoms with Gasteiger partial charge in [-0.3, -0.25) is 4.79 Å². The maximum Gasteiger partial charge on any atom is 0.340 e. The average molecular weight is 446 g/mol. The minimum Gasteiger partial charge on any atom is -0.508 e. The van der Waals surface area contributed by atoms with Crippen molar-refractivity contribution in [3.05, 3.63) is 78.4 Å². The van der Waals surface area contributed by atoms with Gasteiger partial charge in [-0.1, -0.05) is 24.3 Å². The lowest BCUT2D eigenvalue weighted by molar-refractivity contribution is -0.119. The van der Waals surface area contributed by atoms with Gasteiger partial charge in [-0.2, -0.15) is 10.4 Å². The van der Waals surface area contributed by atoms with Crippen LogP contribution in [-0.2, 0) is 9.53 Å². The highest BCUT2D eigenvalue weighted by Gasteiger charge is 2.15. The minimum absolute atomic E-state index is 0.109. The summed E-state index contributed by atoms with van der Waals surface area (Å²) < 4.78 is 5.15. The van der Waals surface area contributed by atoms with Crippen LogP contribution < -0.4 is 5.32 Å². The summed E-state index contributed by atoms with van der Waals surface area (Å²) in [6.07, 6.45) is 0. The summed E-state index contributed by atoms with van der Waals surface area (Å²) in [7, 11) is 0. The molecule has 1 amide bonds. The van der Waals surface area contributed by atoms with Gasteiger partial charge in [0.1, 0.15) is 11.4 Å². The number of hydrogen-bond acceptors (Lipinski definition) is 8. The fourth-order valence-corrected chi connectivity index (χ4v) is 3.23. The second kappa shape index (κ2) is 11.3. The number of hydrogen-bond donors (Lipinski definition) is 2. The number of nitriles is 1. The van der Waals surface area contributed by atoms with Crippen LogP contribution in [0.3, 0.4) is 0 Å². The smallest absolute Gasteiger partial charge is 0.340 e. The first kappa shape index (κ1) is 22.5. The minimum atomic E-state index is -0.715. The molecule has 0 bridgehead atoms. The monoisotopic (exact) mass is 446 g/mol. The Balaban J connectivity index is 1.63. The van der Waals surface area contributed by atoms with E-state index >= 15 is 0 Å². The highest BCUT2D eigenvalue weighted by molar-refractivity contribution is 7.99. The molecule has 0 unspecified atom stereocenters. The first-order chi connectivity index (χ1) is 15.6. The maximum atomic E-state index is 12.5. The first-order valence-electron chi connectivity index (χ1n) is 9.42. The predicted octanol–water partition coefficient (Wildman–Crippen LogP) is 5.22. The van der Waals surface area contributed by atoms with E-state index in [0.29, 0.717) is 11.4 Å². The normalized spacial score (nSPS) is 10.5. The molecule has 0 fully saturated rings. The predicted molar refractivity (Wildman–Crippen MR) is 120 cm³/mol. The van der Waals surface area contributed by atoms with Gasteiger partial charge in [0.2, 0.25) is 0 Å². The molecular formula is C23H18N4O4S. The summed E-state index contributed by atoms with van der Waals surface area (Å²) >= 11 is 1.30. The van der Waals surface area contributed by atoms with Gasteiger partial charge >= 0.3 is 5.97 Å². The summed E-state index contributed by atoms with van der Waals surface area (Å²) in [6.45, 7) is -0.487. The number of anilines is 1. The van der Waals surface area contributed by atoms with Crippen LogP contribution in [0.2, 0.25) is 0 Å². The number of phenolic OH excluding ortho intramolecular Hbond substituents is 1. The Hall–Kier alpha value is -4.16. The van der Waals surface area contributed by atoms with Crippen molar-refractivity contribution in [2.24, 2.45) is 10.2 Å². The summed E-state index contributed by atoms with van der Waals surface area (Å²) in [4.78, 5) is 25.5. The van der Waals surface area contributed by atoms with Crippen molar-refractivity contribution in [2.45, 2.75) is 4.90 Å². The average Bonchev–Trinajstić information content (AvgIpc) is 2.82. The molecule has 0 atom stereocenters. The number of azo groups is 1.